The summed E-state index contributed by atoms with van der Waals surface area (Å²) in [5.74, 6) is -3.39. The van der Waals surface area contributed by atoms with E-state index >= 15 is 0 Å². The molecule has 17 heavy (non-hydrogen) atoms. The van der Waals surface area contributed by atoms with Gasteiger partial charge in [-0.3, -0.25) is 9.59 Å². The molecule has 1 aromatic rings. The van der Waals surface area contributed by atoms with Crippen LogP contribution in [0.15, 0.2) is 18.2 Å². The van der Waals surface area contributed by atoms with Gasteiger partial charge in [0.05, 0.1) is 18.8 Å². The maximum Gasteiger partial charge on any atom is 0.243 e. The summed E-state index contributed by atoms with van der Waals surface area (Å²) in [5.41, 5.74) is 4.72. The summed E-state index contributed by atoms with van der Waals surface area (Å²) in [6.07, 6.45) is 0. The van der Waals surface area contributed by atoms with E-state index in [9.17, 15) is 18.4 Å². The summed E-state index contributed by atoms with van der Waals surface area (Å²) in [5, 5.41) is 4.32. The van der Waals surface area contributed by atoms with E-state index in [1.54, 1.807) is 0 Å². The van der Waals surface area contributed by atoms with Crippen LogP contribution in [-0.4, -0.2) is 24.9 Å². The number of benzene rings is 1. The molecule has 0 bridgehead atoms. The number of nitrogens with one attached hydrogen (secondary N) is 2. The summed E-state index contributed by atoms with van der Waals surface area (Å²) in [6, 6.07) is 3.40. The Morgan fingerprint density at radius 2 is 1.94 bits per heavy atom. The number of carbonyl (C=O) groups is 2. The Morgan fingerprint density at radius 1 is 1.24 bits per heavy atom. The summed E-state index contributed by atoms with van der Waals surface area (Å²) < 4.78 is 25.9. The summed E-state index contributed by atoms with van der Waals surface area (Å²) >= 11 is 0. The van der Waals surface area contributed by atoms with Crippen LogP contribution in [0, 0.1) is 11.6 Å². The van der Waals surface area contributed by atoms with E-state index in [1.807, 2.05) is 0 Å². The van der Waals surface area contributed by atoms with Crippen LogP contribution in [0.3, 0.4) is 0 Å². The van der Waals surface area contributed by atoms with Gasteiger partial charge in [-0.2, -0.15) is 0 Å². The third kappa shape index (κ3) is 3.80. The SMILES string of the molecule is NCC(=O)NCC(=O)Nc1cccc(F)c1F. The fraction of sp³-hybridized carbons (Fsp3) is 0.200. The van der Waals surface area contributed by atoms with Gasteiger partial charge in [0.15, 0.2) is 11.6 Å². The van der Waals surface area contributed by atoms with Crippen molar-refractivity contribution < 1.29 is 18.4 Å². The average Bonchev–Trinajstić information content (AvgIpc) is 2.32. The first kappa shape index (κ1) is 13.0. The second-order valence-electron chi connectivity index (χ2n) is 3.13. The average molecular weight is 243 g/mol. The highest BCUT2D eigenvalue weighted by Crippen LogP contribution is 2.15. The van der Waals surface area contributed by atoms with E-state index < -0.39 is 23.4 Å². The highest BCUT2D eigenvalue weighted by atomic mass is 19.2. The third-order valence-corrected chi connectivity index (χ3v) is 1.86. The van der Waals surface area contributed by atoms with Crippen LogP contribution >= 0.6 is 0 Å². The van der Waals surface area contributed by atoms with Gasteiger partial charge in [0, 0.05) is 0 Å². The van der Waals surface area contributed by atoms with E-state index in [0.29, 0.717) is 0 Å². The second kappa shape index (κ2) is 5.90. The van der Waals surface area contributed by atoms with Crippen molar-refractivity contribution in [2.24, 2.45) is 5.73 Å². The molecule has 0 radical (unpaired) electrons. The predicted molar refractivity (Wildman–Crippen MR) is 57.1 cm³/mol. The molecular weight excluding hydrogens is 232 g/mol. The number of nitrogens with two attached hydrogens (primary N) is 1. The predicted octanol–water partition coefficient (Wildman–Crippen LogP) is -0.0218. The molecule has 0 atom stereocenters. The molecule has 0 fully saturated rings. The molecule has 0 aromatic heterocycles. The largest absolute Gasteiger partial charge is 0.346 e. The Hall–Kier alpha value is -2.02. The van der Waals surface area contributed by atoms with E-state index in [-0.39, 0.29) is 18.8 Å². The van der Waals surface area contributed by atoms with Crippen LogP contribution in [0.25, 0.3) is 0 Å². The first-order valence-corrected chi connectivity index (χ1v) is 4.75. The van der Waals surface area contributed by atoms with Crippen LogP contribution in [0.5, 0.6) is 0 Å². The number of hydrogen-bond acceptors (Lipinski definition) is 3. The zero-order valence-corrected chi connectivity index (χ0v) is 8.80. The second-order valence-corrected chi connectivity index (χ2v) is 3.13. The van der Waals surface area contributed by atoms with Gasteiger partial charge < -0.3 is 16.4 Å². The first-order valence-electron chi connectivity index (χ1n) is 4.75. The number of halogens is 2. The van der Waals surface area contributed by atoms with Crippen LogP contribution < -0.4 is 16.4 Å². The summed E-state index contributed by atoms with van der Waals surface area (Å²) in [7, 11) is 0. The third-order valence-electron chi connectivity index (χ3n) is 1.86. The van der Waals surface area contributed by atoms with Crippen molar-refractivity contribution in [1.29, 1.82) is 0 Å². The Kier molecular flexibility index (Phi) is 4.53. The summed E-state index contributed by atoms with van der Waals surface area (Å²) in [6.45, 7) is -0.604. The van der Waals surface area contributed by atoms with Gasteiger partial charge in [0.25, 0.3) is 0 Å². The molecule has 0 unspecified atom stereocenters. The molecule has 0 spiro atoms. The van der Waals surface area contributed by atoms with Gasteiger partial charge in [-0.05, 0) is 12.1 Å². The first-order chi connectivity index (χ1) is 8.04. The molecule has 0 heterocycles. The topological polar surface area (TPSA) is 84.2 Å². The quantitative estimate of drug-likeness (QED) is 0.694. The standard InChI is InChI=1S/C10H11F2N3O2/c11-6-2-1-3-7(10(6)12)15-9(17)5-14-8(16)4-13/h1-3H,4-5,13H2,(H,14,16)(H,15,17). The lowest BCUT2D eigenvalue weighted by Gasteiger charge is -2.07. The fourth-order valence-electron chi connectivity index (χ4n) is 1.05. The molecule has 0 aliphatic heterocycles. The van der Waals surface area contributed by atoms with Crippen molar-refractivity contribution >= 4 is 17.5 Å². The molecule has 0 aliphatic carbocycles. The maximum atomic E-state index is 13.1. The Labute approximate surface area is 96.0 Å². The minimum atomic E-state index is -1.15. The Morgan fingerprint density at radius 3 is 2.59 bits per heavy atom. The van der Waals surface area contributed by atoms with Gasteiger partial charge in [-0.15, -0.1) is 0 Å². The van der Waals surface area contributed by atoms with Crippen molar-refractivity contribution in [1.82, 2.24) is 5.32 Å². The highest BCUT2D eigenvalue weighted by Gasteiger charge is 2.10. The van der Waals surface area contributed by atoms with Crippen molar-refractivity contribution in [2.75, 3.05) is 18.4 Å². The molecule has 1 rings (SSSR count). The monoisotopic (exact) mass is 243 g/mol. The number of rotatable bonds is 4. The van der Waals surface area contributed by atoms with Crippen molar-refractivity contribution in [3.63, 3.8) is 0 Å². The Balaban J connectivity index is 2.56. The minimum absolute atomic E-state index is 0.248. The van der Waals surface area contributed by atoms with Crippen molar-refractivity contribution in [2.45, 2.75) is 0 Å². The van der Waals surface area contributed by atoms with Crippen LogP contribution in [-0.2, 0) is 9.59 Å². The lowest BCUT2D eigenvalue weighted by Crippen LogP contribution is -2.36. The molecule has 1 aromatic carbocycles. The van der Waals surface area contributed by atoms with E-state index in [0.717, 1.165) is 6.07 Å². The minimum Gasteiger partial charge on any atom is -0.346 e. The normalized spacial score (nSPS) is 9.82. The van der Waals surface area contributed by atoms with Gasteiger partial charge in [-0.25, -0.2) is 8.78 Å². The number of anilines is 1. The summed E-state index contributed by atoms with van der Waals surface area (Å²) in [4.78, 5) is 22.0. The maximum absolute atomic E-state index is 13.1. The van der Waals surface area contributed by atoms with Crippen molar-refractivity contribution in [3.05, 3.63) is 29.8 Å². The molecule has 5 nitrogen and oxygen atoms in total. The van der Waals surface area contributed by atoms with Gasteiger partial charge in [0.1, 0.15) is 0 Å². The molecular formula is C10H11F2N3O2. The molecule has 7 heteroatoms. The lowest BCUT2D eigenvalue weighted by molar-refractivity contribution is -0.123. The van der Waals surface area contributed by atoms with Crippen LogP contribution in [0.2, 0.25) is 0 Å². The molecule has 0 saturated heterocycles. The molecule has 92 valence electrons. The lowest BCUT2D eigenvalue weighted by atomic mass is 10.3. The number of amides is 2. The van der Waals surface area contributed by atoms with Crippen LogP contribution in [0.1, 0.15) is 0 Å². The van der Waals surface area contributed by atoms with Gasteiger partial charge >= 0.3 is 0 Å². The number of carbonyl (C=O) groups excluding carboxylic acids is 2. The van der Waals surface area contributed by atoms with Crippen LogP contribution in [0.4, 0.5) is 14.5 Å². The molecule has 0 aliphatic rings. The fourth-order valence-corrected chi connectivity index (χ4v) is 1.05. The van der Waals surface area contributed by atoms with Gasteiger partial charge in [0.2, 0.25) is 11.8 Å². The molecule has 2 amide bonds. The highest BCUT2D eigenvalue weighted by molar-refractivity contribution is 5.94. The molecule has 4 N–H and O–H groups in total. The van der Waals surface area contributed by atoms with E-state index in [4.69, 9.17) is 5.73 Å². The number of hydrogen-bond donors (Lipinski definition) is 3. The smallest absolute Gasteiger partial charge is 0.243 e. The van der Waals surface area contributed by atoms with Gasteiger partial charge in [-0.1, -0.05) is 6.07 Å². The van der Waals surface area contributed by atoms with Crippen molar-refractivity contribution in [3.8, 4) is 0 Å². The van der Waals surface area contributed by atoms with E-state index in [2.05, 4.69) is 10.6 Å². The van der Waals surface area contributed by atoms with E-state index in [1.165, 1.54) is 12.1 Å². The zero-order valence-electron chi connectivity index (χ0n) is 8.80. The molecule has 0 saturated carbocycles. The Bertz CT molecular complexity index is 438. The zero-order chi connectivity index (χ0) is 12.8.